The average molecular weight is 376 g/mol. The fourth-order valence-corrected chi connectivity index (χ4v) is 2.52. The third kappa shape index (κ3) is 7.25. The summed E-state index contributed by atoms with van der Waals surface area (Å²) in [5, 5.41) is 8.91. The van der Waals surface area contributed by atoms with Gasteiger partial charge in [0.15, 0.2) is 0 Å². The molecule has 0 aliphatic carbocycles. The maximum Gasteiger partial charge on any atom is 0.251 e. The van der Waals surface area contributed by atoms with E-state index in [0.717, 1.165) is 18.5 Å². The number of carbonyl (C=O) groups is 2. The van der Waals surface area contributed by atoms with Crippen molar-refractivity contribution in [3.63, 3.8) is 0 Å². The Morgan fingerprint density at radius 2 is 1.54 bits per heavy atom. The number of hydrogen-bond donors (Lipinski definition) is 3. The Hall–Kier alpha value is -2.37. The molecule has 140 valence electrons. The smallest absolute Gasteiger partial charge is 0.251 e. The molecular weight excluding hydrogens is 350 g/mol. The van der Waals surface area contributed by atoms with Crippen molar-refractivity contribution in [3.05, 3.63) is 71.8 Å². The van der Waals surface area contributed by atoms with Gasteiger partial charge in [-0.25, -0.2) is 0 Å². The van der Waals surface area contributed by atoms with Crippen LogP contribution in [0, 0.1) is 0 Å². The number of benzene rings is 2. The third-order valence-electron chi connectivity index (χ3n) is 3.86. The second-order valence-corrected chi connectivity index (χ2v) is 5.81. The Bertz CT molecular complexity index is 665. The van der Waals surface area contributed by atoms with E-state index in [1.54, 1.807) is 12.1 Å². The predicted molar refractivity (Wildman–Crippen MR) is 107 cm³/mol. The highest BCUT2D eigenvalue weighted by atomic mass is 35.5. The number of rotatable bonds is 9. The Labute approximate surface area is 161 Å². The van der Waals surface area contributed by atoms with Crippen molar-refractivity contribution in [2.24, 2.45) is 0 Å². The summed E-state index contributed by atoms with van der Waals surface area (Å²) in [6.07, 6.45) is 1.08. The van der Waals surface area contributed by atoms with Crippen molar-refractivity contribution in [1.82, 2.24) is 16.0 Å². The van der Waals surface area contributed by atoms with Gasteiger partial charge in [-0.2, -0.15) is 0 Å². The molecule has 6 heteroatoms. The molecule has 0 spiro atoms. The summed E-state index contributed by atoms with van der Waals surface area (Å²) >= 11 is 0. The van der Waals surface area contributed by atoms with Crippen LogP contribution in [0.5, 0.6) is 0 Å². The molecule has 0 aliphatic heterocycles. The summed E-state index contributed by atoms with van der Waals surface area (Å²) in [6, 6.07) is 18.2. The normalized spacial score (nSPS) is 11.1. The van der Waals surface area contributed by atoms with Gasteiger partial charge in [0.1, 0.15) is 0 Å². The van der Waals surface area contributed by atoms with Crippen LogP contribution in [0.15, 0.2) is 60.7 Å². The summed E-state index contributed by atoms with van der Waals surface area (Å²) in [4.78, 5) is 24.7. The standard InChI is InChI=1S/C20H25N3O2.ClH/c1-21-13-8-14-22-19(24)15-18(16-9-4-2-5-10-16)23-20(25)17-11-6-3-7-12-17;/h2-7,9-12,18,21H,8,13-15H2,1H3,(H,22,24)(H,23,25);1H. The van der Waals surface area contributed by atoms with Crippen molar-refractivity contribution in [2.45, 2.75) is 18.9 Å². The molecule has 26 heavy (non-hydrogen) atoms. The molecule has 0 saturated heterocycles. The molecule has 0 bridgehead atoms. The van der Waals surface area contributed by atoms with Crippen LogP contribution in [-0.2, 0) is 4.79 Å². The number of amides is 2. The quantitative estimate of drug-likeness (QED) is 0.590. The maximum atomic E-state index is 12.5. The first-order valence-electron chi connectivity index (χ1n) is 8.53. The van der Waals surface area contributed by atoms with Gasteiger partial charge in [-0.1, -0.05) is 48.5 Å². The summed E-state index contributed by atoms with van der Waals surface area (Å²) < 4.78 is 0. The van der Waals surface area contributed by atoms with Gasteiger partial charge in [-0.05, 0) is 37.7 Å². The fourth-order valence-electron chi connectivity index (χ4n) is 2.52. The molecule has 2 rings (SSSR count). The number of halogens is 1. The lowest BCUT2D eigenvalue weighted by atomic mass is 10.0. The van der Waals surface area contributed by atoms with Gasteiger partial charge < -0.3 is 16.0 Å². The zero-order valence-electron chi connectivity index (χ0n) is 14.9. The first kappa shape index (κ1) is 21.7. The maximum absolute atomic E-state index is 12.5. The largest absolute Gasteiger partial charge is 0.356 e. The summed E-state index contributed by atoms with van der Waals surface area (Å²) in [6.45, 7) is 1.47. The minimum absolute atomic E-state index is 0. The highest BCUT2D eigenvalue weighted by Gasteiger charge is 2.18. The highest BCUT2D eigenvalue weighted by molar-refractivity contribution is 5.94. The molecule has 1 unspecified atom stereocenters. The van der Waals surface area contributed by atoms with E-state index in [0.29, 0.717) is 12.1 Å². The van der Waals surface area contributed by atoms with Gasteiger partial charge in [-0.15, -0.1) is 12.4 Å². The van der Waals surface area contributed by atoms with Crippen molar-refractivity contribution in [3.8, 4) is 0 Å². The molecule has 0 radical (unpaired) electrons. The molecule has 5 nitrogen and oxygen atoms in total. The van der Waals surface area contributed by atoms with Crippen LogP contribution >= 0.6 is 12.4 Å². The second kappa shape index (κ2) is 12.1. The van der Waals surface area contributed by atoms with E-state index >= 15 is 0 Å². The Kier molecular flexibility index (Phi) is 10.1. The third-order valence-corrected chi connectivity index (χ3v) is 3.86. The molecule has 2 aromatic carbocycles. The summed E-state index contributed by atoms with van der Waals surface area (Å²) in [5.74, 6) is -0.254. The van der Waals surface area contributed by atoms with Crippen molar-refractivity contribution in [1.29, 1.82) is 0 Å². The van der Waals surface area contributed by atoms with Crippen molar-refractivity contribution >= 4 is 24.2 Å². The van der Waals surface area contributed by atoms with E-state index in [-0.39, 0.29) is 36.7 Å². The first-order chi connectivity index (χ1) is 12.2. The number of hydrogen-bond acceptors (Lipinski definition) is 3. The monoisotopic (exact) mass is 375 g/mol. The molecule has 0 heterocycles. The highest BCUT2D eigenvalue weighted by Crippen LogP contribution is 2.17. The molecule has 0 aliphatic rings. The van der Waals surface area contributed by atoms with Gasteiger partial charge in [0, 0.05) is 12.1 Å². The number of nitrogens with one attached hydrogen (secondary N) is 3. The average Bonchev–Trinajstić information content (AvgIpc) is 2.66. The van der Waals surface area contributed by atoms with E-state index in [1.165, 1.54) is 0 Å². The van der Waals surface area contributed by atoms with Crippen molar-refractivity contribution in [2.75, 3.05) is 20.1 Å². The van der Waals surface area contributed by atoms with E-state index < -0.39 is 0 Å². The fraction of sp³-hybridized carbons (Fsp3) is 0.300. The molecule has 2 amide bonds. The zero-order chi connectivity index (χ0) is 17.9. The Morgan fingerprint density at radius 3 is 2.15 bits per heavy atom. The molecular formula is C20H26ClN3O2. The van der Waals surface area contributed by atoms with E-state index in [1.807, 2.05) is 55.6 Å². The van der Waals surface area contributed by atoms with Crippen LogP contribution in [0.4, 0.5) is 0 Å². The topological polar surface area (TPSA) is 70.2 Å². The molecule has 0 fully saturated rings. The number of carbonyl (C=O) groups excluding carboxylic acids is 2. The molecule has 3 N–H and O–H groups in total. The predicted octanol–water partition coefficient (Wildman–Crippen LogP) is 2.70. The van der Waals surface area contributed by atoms with Gasteiger partial charge >= 0.3 is 0 Å². The Morgan fingerprint density at radius 1 is 0.923 bits per heavy atom. The molecule has 0 saturated carbocycles. The van der Waals surface area contributed by atoms with E-state index in [4.69, 9.17) is 0 Å². The lowest BCUT2D eigenvalue weighted by molar-refractivity contribution is -0.121. The summed E-state index contributed by atoms with van der Waals surface area (Å²) in [7, 11) is 1.88. The van der Waals surface area contributed by atoms with Gasteiger partial charge in [0.05, 0.1) is 12.5 Å². The molecule has 1 atom stereocenters. The summed E-state index contributed by atoms with van der Waals surface area (Å²) in [5.41, 5.74) is 1.50. The van der Waals surface area contributed by atoms with Crippen LogP contribution in [-0.4, -0.2) is 32.0 Å². The van der Waals surface area contributed by atoms with Crippen LogP contribution in [0.25, 0.3) is 0 Å². The van der Waals surface area contributed by atoms with E-state index in [9.17, 15) is 9.59 Å². The lowest BCUT2D eigenvalue weighted by Crippen LogP contribution is -2.34. The van der Waals surface area contributed by atoms with Crippen LogP contribution in [0.3, 0.4) is 0 Å². The van der Waals surface area contributed by atoms with Crippen molar-refractivity contribution < 1.29 is 9.59 Å². The van der Waals surface area contributed by atoms with Crippen LogP contribution in [0.2, 0.25) is 0 Å². The second-order valence-electron chi connectivity index (χ2n) is 5.81. The van der Waals surface area contributed by atoms with Crippen LogP contribution in [0.1, 0.15) is 34.8 Å². The van der Waals surface area contributed by atoms with Crippen LogP contribution < -0.4 is 16.0 Å². The zero-order valence-corrected chi connectivity index (χ0v) is 15.7. The lowest BCUT2D eigenvalue weighted by Gasteiger charge is -2.19. The first-order valence-corrected chi connectivity index (χ1v) is 8.53. The minimum Gasteiger partial charge on any atom is -0.356 e. The van der Waals surface area contributed by atoms with Gasteiger partial charge in [0.2, 0.25) is 5.91 Å². The minimum atomic E-state index is -0.363. The van der Waals surface area contributed by atoms with E-state index in [2.05, 4.69) is 16.0 Å². The van der Waals surface area contributed by atoms with Gasteiger partial charge in [-0.3, -0.25) is 9.59 Å². The van der Waals surface area contributed by atoms with Gasteiger partial charge in [0.25, 0.3) is 5.91 Å². The Balaban J connectivity index is 0.00000338. The SMILES string of the molecule is CNCCCNC(=O)CC(NC(=O)c1ccccc1)c1ccccc1.Cl. The molecule has 2 aromatic rings. The molecule has 0 aromatic heterocycles.